The van der Waals surface area contributed by atoms with Gasteiger partial charge in [0.1, 0.15) is 11.3 Å². The zero-order valence-electron chi connectivity index (χ0n) is 6.75. The van der Waals surface area contributed by atoms with Gasteiger partial charge in [-0.05, 0) is 24.3 Å². The minimum absolute atomic E-state index is 0.326. The summed E-state index contributed by atoms with van der Waals surface area (Å²) in [5, 5.41) is 9.51. The summed E-state index contributed by atoms with van der Waals surface area (Å²) in [6.07, 6.45) is 0.326. The summed E-state index contributed by atoms with van der Waals surface area (Å²) in [6.45, 7) is 0. The zero-order valence-corrected chi connectivity index (χ0v) is 8.34. The van der Waals surface area contributed by atoms with Crippen molar-refractivity contribution in [2.24, 2.45) is 0 Å². The number of furan rings is 1. The van der Waals surface area contributed by atoms with Gasteiger partial charge in [-0.15, -0.1) is 0 Å². The monoisotopic (exact) mass is 235 g/mol. The molecule has 3 heteroatoms. The Labute approximate surface area is 83.9 Å². The van der Waals surface area contributed by atoms with E-state index in [0.717, 1.165) is 21.2 Å². The van der Waals surface area contributed by atoms with Crippen LogP contribution in [-0.2, 0) is 6.42 Å². The van der Waals surface area contributed by atoms with Crippen LogP contribution in [0.5, 0.6) is 0 Å². The third kappa shape index (κ3) is 1.58. The first kappa shape index (κ1) is 8.33. The highest BCUT2D eigenvalue weighted by Gasteiger charge is 2.02. The molecule has 2 nitrogen and oxygen atoms in total. The van der Waals surface area contributed by atoms with Crippen LogP contribution in [0.3, 0.4) is 0 Å². The van der Waals surface area contributed by atoms with Crippen molar-refractivity contribution in [2.75, 3.05) is 0 Å². The number of halogens is 1. The van der Waals surface area contributed by atoms with E-state index in [1.165, 1.54) is 0 Å². The molecule has 2 rings (SSSR count). The maximum Gasteiger partial charge on any atom is 0.134 e. The van der Waals surface area contributed by atoms with Crippen LogP contribution < -0.4 is 0 Å². The molecule has 1 heterocycles. The second kappa shape index (κ2) is 3.23. The molecule has 2 aromatic rings. The van der Waals surface area contributed by atoms with Gasteiger partial charge in [0.25, 0.3) is 0 Å². The average molecular weight is 236 g/mol. The fraction of sp³-hybridized carbons (Fsp3) is 0.100. The first-order valence-corrected chi connectivity index (χ1v) is 4.64. The van der Waals surface area contributed by atoms with Crippen LogP contribution in [0.2, 0.25) is 0 Å². The number of hydrogen-bond acceptors (Lipinski definition) is 2. The van der Waals surface area contributed by atoms with E-state index in [0.29, 0.717) is 6.42 Å². The lowest BCUT2D eigenvalue weighted by Gasteiger charge is -1.87. The van der Waals surface area contributed by atoms with Gasteiger partial charge in [-0.2, -0.15) is 5.26 Å². The number of rotatable bonds is 1. The van der Waals surface area contributed by atoms with E-state index < -0.39 is 0 Å². The van der Waals surface area contributed by atoms with Crippen molar-refractivity contribution < 1.29 is 4.42 Å². The van der Waals surface area contributed by atoms with Crippen LogP contribution >= 0.6 is 15.9 Å². The molecular weight excluding hydrogens is 230 g/mol. The third-order valence-electron chi connectivity index (χ3n) is 1.78. The lowest BCUT2D eigenvalue weighted by Crippen LogP contribution is -1.71. The summed E-state index contributed by atoms with van der Waals surface area (Å²) in [7, 11) is 0. The van der Waals surface area contributed by atoms with Gasteiger partial charge >= 0.3 is 0 Å². The van der Waals surface area contributed by atoms with Crippen LogP contribution in [-0.4, -0.2) is 0 Å². The van der Waals surface area contributed by atoms with Crippen LogP contribution in [0.15, 0.2) is 33.2 Å². The van der Waals surface area contributed by atoms with E-state index in [1.54, 1.807) is 0 Å². The molecule has 0 N–H and O–H groups in total. The van der Waals surface area contributed by atoms with Crippen molar-refractivity contribution in [1.29, 1.82) is 5.26 Å². The molecule has 0 amide bonds. The summed E-state index contributed by atoms with van der Waals surface area (Å²) < 4.78 is 6.44. The molecule has 0 aliphatic heterocycles. The van der Waals surface area contributed by atoms with Gasteiger partial charge in [0, 0.05) is 9.86 Å². The van der Waals surface area contributed by atoms with Gasteiger partial charge in [-0.25, -0.2) is 0 Å². The van der Waals surface area contributed by atoms with E-state index in [-0.39, 0.29) is 0 Å². The second-order valence-corrected chi connectivity index (χ2v) is 3.65. The Hall–Kier alpha value is -1.27. The predicted molar refractivity (Wildman–Crippen MR) is 53.2 cm³/mol. The lowest BCUT2D eigenvalue weighted by atomic mass is 10.2. The molecule has 0 atom stereocenters. The van der Waals surface area contributed by atoms with Crippen LogP contribution in [0, 0.1) is 11.3 Å². The van der Waals surface area contributed by atoms with Crippen molar-refractivity contribution in [3.8, 4) is 6.07 Å². The minimum Gasteiger partial charge on any atom is -0.460 e. The van der Waals surface area contributed by atoms with E-state index in [9.17, 15) is 0 Å². The highest BCUT2D eigenvalue weighted by molar-refractivity contribution is 9.10. The van der Waals surface area contributed by atoms with Crippen molar-refractivity contribution in [1.82, 2.24) is 0 Å². The Morgan fingerprint density at radius 1 is 1.38 bits per heavy atom. The van der Waals surface area contributed by atoms with Gasteiger partial charge in [-0.3, -0.25) is 0 Å². The molecule has 1 aromatic heterocycles. The quantitative estimate of drug-likeness (QED) is 0.761. The largest absolute Gasteiger partial charge is 0.460 e. The first-order chi connectivity index (χ1) is 6.29. The summed E-state index contributed by atoms with van der Waals surface area (Å²) in [5.41, 5.74) is 0.827. The molecule has 0 spiro atoms. The van der Waals surface area contributed by atoms with Crippen LogP contribution in [0.4, 0.5) is 0 Å². The van der Waals surface area contributed by atoms with Crippen molar-refractivity contribution in [3.05, 3.63) is 34.5 Å². The SMILES string of the molecule is N#CCc1cc2cc(Br)ccc2o1. The van der Waals surface area contributed by atoms with Gasteiger partial charge in [0.2, 0.25) is 0 Å². The zero-order chi connectivity index (χ0) is 9.26. The van der Waals surface area contributed by atoms with E-state index in [4.69, 9.17) is 9.68 Å². The van der Waals surface area contributed by atoms with Gasteiger partial charge < -0.3 is 4.42 Å². The number of hydrogen-bond donors (Lipinski definition) is 0. The number of nitriles is 1. The van der Waals surface area contributed by atoms with E-state index in [1.807, 2.05) is 24.3 Å². The molecule has 13 heavy (non-hydrogen) atoms. The summed E-state index contributed by atoms with van der Waals surface area (Å²) in [5.74, 6) is 0.718. The minimum atomic E-state index is 0.326. The normalized spacial score (nSPS) is 10.2. The molecule has 0 bridgehead atoms. The number of nitrogens with zero attached hydrogens (tertiary/aromatic N) is 1. The van der Waals surface area contributed by atoms with Crippen molar-refractivity contribution in [3.63, 3.8) is 0 Å². The molecule has 0 saturated heterocycles. The Bertz CT molecular complexity index is 481. The second-order valence-electron chi connectivity index (χ2n) is 2.73. The molecule has 1 aromatic carbocycles. The third-order valence-corrected chi connectivity index (χ3v) is 2.28. The average Bonchev–Trinajstić information content (AvgIpc) is 2.46. The van der Waals surface area contributed by atoms with E-state index >= 15 is 0 Å². The predicted octanol–water partition coefficient (Wildman–Crippen LogP) is 3.26. The van der Waals surface area contributed by atoms with Crippen molar-refractivity contribution in [2.45, 2.75) is 6.42 Å². The molecular formula is C10H6BrNO. The van der Waals surface area contributed by atoms with Gasteiger partial charge in [-0.1, -0.05) is 15.9 Å². The lowest BCUT2D eigenvalue weighted by molar-refractivity contribution is 0.567. The van der Waals surface area contributed by atoms with Gasteiger partial charge in [0.05, 0.1) is 12.5 Å². The smallest absolute Gasteiger partial charge is 0.134 e. The van der Waals surface area contributed by atoms with Crippen molar-refractivity contribution >= 4 is 26.9 Å². The van der Waals surface area contributed by atoms with E-state index in [2.05, 4.69) is 22.0 Å². The Balaban J connectivity index is 2.57. The standard InChI is InChI=1S/C10H6BrNO/c11-8-1-2-10-7(5-8)6-9(13-10)3-4-12/h1-2,5-6H,3H2. The Morgan fingerprint density at radius 3 is 3.00 bits per heavy atom. The Kier molecular flexibility index (Phi) is 2.07. The molecule has 0 radical (unpaired) electrons. The first-order valence-electron chi connectivity index (χ1n) is 3.84. The highest BCUT2D eigenvalue weighted by Crippen LogP contribution is 2.23. The highest BCUT2D eigenvalue weighted by atomic mass is 79.9. The molecule has 0 fully saturated rings. The Morgan fingerprint density at radius 2 is 2.23 bits per heavy atom. The maximum absolute atomic E-state index is 8.48. The molecule has 0 unspecified atom stereocenters. The topological polar surface area (TPSA) is 36.9 Å². The molecule has 0 aliphatic rings. The molecule has 64 valence electrons. The van der Waals surface area contributed by atoms with Crippen LogP contribution in [0.25, 0.3) is 11.0 Å². The summed E-state index contributed by atoms with van der Waals surface area (Å²) in [4.78, 5) is 0. The number of fused-ring (bicyclic) bond motifs is 1. The fourth-order valence-electron chi connectivity index (χ4n) is 1.23. The molecule has 0 aliphatic carbocycles. The van der Waals surface area contributed by atoms with Crippen LogP contribution in [0.1, 0.15) is 5.76 Å². The maximum atomic E-state index is 8.48. The molecule has 0 saturated carbocycles. The fourth-order valence-corrected chi connectivity index (χ4v) is 1.61. The summed E-state index contributed by atoms with van der Waals surface area (Å²) >= 11 is 3.37. The summed E-state index contributed by atoms with van der Waals surface area (Å²) in [6, 6.07) is 9.73. The number of benzene rings is 1. The van der Waals surface area contributed by atoms with Gasteiger partial charge in [0.15, 0.2) is 0 Å².